The van der Waals surface area contributed by atoms with Gasteiger partial charge < -0.3 is 4.90 Å². The van der Waals surface area contributed by atoms with Crippen molar-refractivity contribution >= 4 is 11.6 Å². The number of hydrogen-bond donors (Lipinski definition) is 0. The molecule has 1 aromatic carbocycles. The van der Waals surface area contributed by atoms with E-state index < -0.39 is 29.6 Å². The maximum Gasteiger partial charge on any atom is 0.406 e. The van der Waals surface area contributed by atoms with Crippen molar-refractivity contribution in [2.75, 3.05) is 20.1 Å². The first-order valence-electron chi connectivity index (χ1n) is 7.42. The lowest BCUT2D eigenvalue weighted by molar-refractivity contribution is -0.384. The second kappa shape index (κ2) is 6.76. The summed E-state index contributed by atoms with van der Waals surface area (Å²) in [5.41, 5.74) is 0.568. The fourth-order valence-corrected chi connectivity index (χ4v) is 2.88. The van der Waals surface area contributed by atoms with Gasteiger partial charge in [0.05, 0.1) is 11.0 Å². The molecule has 0 radical (unpaired) electrons. The van der Waals surface area contributed by atoms with Crippen LogP contribution in [0.25, 0.3) is 0 Å². The van der Waals surface area contributed by atoms with Crippen LogP contribution in [0.1, 0.15) is 24.9 Å². The van der Waals surface area contributed by atoms with E-state index in [-0.39, 0.29) is 18.3 Å². The summed E-state index contributed by atoms with van der Waals surface area (Å²) in [5.74, 6) is -0.563. The Bertz CT molecular complexity index is 636. The first-order valence-corrected chi connectivity index (χ1v) is 7.42. The average molecular weight is 345 g/mol. The number of rotatable bonds is 5. The summed E-state index contributed by atoms with van der Waals surface area (Å²) in [6, 6.07) is 5.01. The molecule has 1 aromatic rings. The van der Waals surface area contributed by atoms with E-state index in [1.807, 2.05) is 0 Å². The van der Waals surface area contributed by atoms with Crippen molar-refractivity contribution in [1.82, 2.24) is 9.80 Å². The lowest BCUT2D eigenvalue weighted by atomic mass is 10.0. The molecule has 24 heavy (non-hydrogen) atoms. The number of amides is 1. The maximum atomic E-state index is 12.5. The Labute approximate surface area is 137 Å². The van der Waals surface area contributed by atoms with Crippen LogP contribution in [0.5, 0.6) is 0 Å². The van der Waals surface area contributed by atoms with Gasteiger partial charge in [0.1, 0.15) is 6.54 Å². The molecule has 132 valence electrons. The van der Waals surface area contributed by atoms with Crippen LogP contribution >= 0.6 is 0 Å². The molecule has 1 amide bonds. The van der Waals surface area contributed by atoms with Gasteiger partial charge in [-0.2, -0.15) is 13.2 Å². The highest BCUT2D eigenvalue weighted by Crippen LogP contribution is 2.29. The van der Waals surface area contributed by atoms with Crippen molar-refractivity contribution in [1.29, 1.82) is 0 Å². The molecule has 2 unspecified atom stereocenters. The van der Waals surface area contributed by atoms with E-state index in [4.69, 9.17) is 0 Å². The number of alkyl halides is 3. The molecule has 9 heteroatoms. The standard InChI is InChI=1S/C15H18F3N3O3/c1-10(11-4-3-5-12(8-11)21(23)24)19(2)13-6-7-20(14(13)22)9-15(16,17)18/h3-5,8,10,13H,6-7,9H2,1-2H3. The highest BCUT2D eigenvalue weighted by molar-refractivity contribution is 5.84. The van der Waals surface area contributed by atoms with Crippen LogP contribution in [0, 0.1) is 10.1 Å². The molecule has 1 aliphatic rings. The van der Waals surface area contributed by atoms with Gasteiger partial charge in [0.2, 0.25) is 5.91 Å². The van der Waals surface area contributed by atoms with Gasteiger partial charge >= 0.3 is 6.18 Å². The SMILES string of the molecule is CC(c1cccc([N+](=O)[O-])c1)N(C)C1CCN(CC(F)(F)F)C1=O. The molecule has 0 N–H and O–H groups in total. The number of non-ortho nitro benzene ring substituents is 1. The fraction of sp³-hybridized carbons (Fsp3) is 0.533. The second-order valence-electron chi connectivity index (χ2n) is 5.87. The van der Waals surface area contributed by atoms with Crippen LogP contribution in [0.3, 0.4) is 0 Å². The summed E-state index contributed by atoms with van der Waals surface area (Å²) < 4.78 is 37.4. The lowest BCUT2D eigenvalue weighted by Crippen LogP contribution is -2.43. The van der Waals surface area contributed by atoms with Gasteiger partial charge in [0, 0.05) is 24.7 Å². The molecule has 0 spiro atoms. The van der Waals surface area contributed by atoms with Crippen LogP contribution in [0.2, 0.25) is 0 Å². The Hall–Kier alpha value is -2.16. The van der Waals surface area contributed by atoms with Crippen LogP contribution < -0.4 is 0 Å². The summed E-state index contributed by atoms with van der Waals surface area (Å²) in [6.07, 6.45) is -4.13. The van der Waals surface area contributed by atoms with Gasteiger partial charge in [-0.15, -0.1) is 0 Å². The van der Waals surface area contributed by atoms with Gasteiger partial charge in [-0.3, -0.25) is 19.8 Å². The van der Waals surface area contributed by atoms with E-state index in [2.05, 4.69) is 0 Å². The molecule has 0 aromatic heterocycles. The average Bonchev–Trinajstić information content (AvgIpc) is 2.85. The monoisotopic (exact) mass is 345 g/mol. The summed E-state index contributed by atoms with van der Waals surface area (Å²) in [5, 5.41) is 10.9. The lowest BCUT2D eigenvalue weighted by Gasteiger charge is -2.30. The molecular weight excluding hydrogens is 327 g/mol. The number of nitro benzene ring substituents is 1. The Morgan fingerprint density at radius 2 is 2.12 bits per heavy atom. The number of nitro groups is 1. The van der Waals surface area contributed by atoms with Gasteiger partial charge in [0.25, 0.3) is 5.69 Å². The number of carbonyl (C=O) groups excluding carboxylic acids is 1. The number of hydrogen-bond acceptors (Lipinski definition) is 4. The van der Waals surface area contributed by atoms with Crippen molar-refractivity contribution < 1.29 is 22.9 Å². The maximum absolute atomic E-state index is 12.5. The van der Waals surface area contributed by atoms with Gasteiger partial charge in [0.15, 0.2) is 0 Å². The molecule has 2 rings (SSSR count). The van der Waals surface area contributed by atoms with Crippen LogP contribution in [-0.4, -0.2) is 53.0 Å². The van der Waals surface area contributed by atoms with Crippen molar-refractivity contribution in [3.63, 3.8) is 0 Å². The minimum absolute atomic E-state index is 0.0506. The van der Waals surface area contributed by atoms with E-state index in [0.29, 0.717) is 12.0 Å². The molecule has 1 aliphatic heterocycles. The second-order valence-corrected chi connectivity index (χ2v) is 5.87. The molecule has 2 atom stereocenters. The zero-order valence-electron chi connectivity index (χ0n) is 13.3. The number of likely N-dealkylation sites (tertiary alicyclic amines) is 1. The van der Waals surface area contributed by atoms with E-state index in [9.17, 15) is 28.1 Å². The largest absolute Gasteiger partial charge is 0.406 e. The van der Waals surface area contributed by atoms with E-state index >= 15 is 0 Å². The van der Waals surface area contributed by atoms with E-state index in [0.717, 1.165) is 4.90 Å². The minimum atomic E-state index is -4.42. The van der Waals surface area contributed by atoms with E-state index in [1.54, 1.807) is 31.0 Å². The smallest absolute Gasteiger partial charge is 0.332 e. The number of likely N-dealkylation sites (N-methyl/N-ethyl adjacent to an activating group) is 1. The van der Waals surface area contributed by atoms with Crippen molar-refractivity contribution in [2.45, 2.75) is 31.6 Å². The molecule has 6 nitrogen and oxygen atoms in total. The van der Waals surface area contributed by atoms with Crippen molar-refractivity contribution in [3.8, 4) is 0 Å². The van der Waals surface area contributed by atoms with Gasteiger partial charge in [-0.25, -0.2) is 0 Å². The highest BCUT2D eigenvalue weighted by Gasteiger charge is 2.41. The summed E-state index contributed by atoms with van der Waals surface area (Å²) in [7, 11) is 1.64. The molecule has 0 aliphatic carbocycles. The molecule has 0 bridgehead atoms. The van der Waals surface area contributed by atoms with Crippen LogP contribution in [-0.2, 0) is 4.79 Å². The van der Waals surface area contributed by atoms with Gasteiger partial charge in [-0.05, 0) is 26.0 Å². The quantitative estimate of drug-likeness (QED) is 0.608. The number of halogens is 3. The number of nitrogens with zero attached hydrogens (tertiary/aromatic N) is 3. The summed E-state index contributed by atoms with van der Waals surface area (Å²) in [4.78, 5) is 25.0. The van der Waals surface area contributed by atoms with E-state index in [1.165, 1.54) is 12.1 Å². The predicted octanol–water partition coefficient (Wildman–Crippen LogP) is 2.75. The molecular formula is C15H18F3N3O3. The number of benzene rings is 1. The third-order valence-corrected chi connectivity index (χ3v) is 4.31. The molecule has 0 saturated carbocycles. The topological polar surface area (TPSA) is 66.7 Å². The van der Waals surface area contributed by atoms with Crippen molar-refractivity contribution in [2.24, 2.45) is 0 Å². The van der Waals surface area contributed by atoms with Crippen LogP contribution in [0.15, 0.2) is 24.3 Å². The van der Waals surface area contributed by atoms with Crippen LogP contribution in [0.4, 0.5) is 18.9 Å². The summed E-state index contributed by atoms with van der Waals surface area (Å²) in [6.45, 7) is 0.565. The predicted molar refractivity (Wildman–Crippen MR) is 80.3 cm³/mol. The number of carbonyl (C=O) groups is 1. The zero-order chi connectivity index (χ0) is 18.1. The highest BCUT2D eigenvalue weighted by atomic mass is 19.4. The zero-order valence-corrected chi connectivity index (χ0v) is 13.3. The van der Waals surface area contributed by atoms with Gasteiger partial charge in [-0.1, -0.05) is 12.1 Å². The Morgan fingerprint density at radius 1 is 1.46 bits per heavy atom. The molecule has 1 saturated heterocycles. The minimum Gasteiger partial charge on any atom is -0.332 e. The fourth-order valence-electron chi connectivity index (χ4n) is 2.88. The molecule has 1 fully saturated rings. The Kier molecular flexibility index (Phi) is 5.12. The third kappa shape index (κ3) is 4.02. The van der Waals surface area contributed by atoms with Crippen molar-refractivity contribution in [3.05, 3.63) is 39.9 Å². The third-order valence-electron chi connectivity index (χ3n) is 4.31. The normalized spacial score (nSPS) is 19.8. The first-order chi connectivity index (χ1) is 11.1. The molecule has 1 heterocycles. The first kappa shape index (κ1) is 18.2. The Balaban J connectivity index is 2.11. The summed E-state index contributed by atoms with van der Waals surface area (Å²) >= 11 is 0. The Morgan fingerprint density at radius 3 is 2.71 bits per heavy atom.